The molecule has 3 aliphatic rings. The van der Waals surface area contributed by atoms with Crippen molar-refractivity contribution in [2.45, 2.75) is 51.9 Å². The molecule has 3 aliphatic heterocycles. The van der Waals surface area contributed by atoms with Gasteiger partial charge in [-0.15, -0.1) is 0 Å². The molecule has 2 bridgehead atoms. The number of hydrogen-bond donors (Lipinski definition) is 1. The van der Waals surface area contributed by atoms with Crippen molar-refractivity contribution in [2.75, 3.05) is 35.0 Å². The van der Waals surface area contributed by atoms with Gasteiger partial charge in [-0.2, -0.15) is 0 Å². The van der Waals surface area contributed by atoms with Crippen molar-refractivity contribution in [1.29, 1.82) is 0 Å². The van der Waals surface area contributed by atoms with E-state index < -0.39 is 12.1 Å². The van der Waals surface area contributed by atoms with Crippen LogP contribution >= 0.6 is 0 Å². The largest absolute Gasteiger partial charge is 0.504 e. The molecule has 0 spiro atoms. The van der Waals surface area contributed by atoms with Crippen LogP contribution in [0.25, 0.3) is 6.08 Å². The lowest BCUT2D eigenvalue weighted by Crippen LogP contribution is -2.60. The van der Waals surface area contributed by atoms with Crippen LogP contribution in [-0.4, -0.2) is 61.8 Å². The van der Waals surface area contributed by atoms with Gasteiger partial charge in [0.2, 0.25) is 5.91 Å². The number of aryl methyl sites for hydroxylation is 1. The molecule has 0 aliphatic carbocycles. The normalized spacial score (nSPS) is 20.8. The third-order valence-electron chi connectivity index (χ3n) is 9.22. The molecule has 3 heterocycles. The van der Waals surface area contributed by atoms with E-state index in [0.717, 1.165) is 50.2 Å². The fourth-order valence-electron chi connectivity index (χ4n) is 7.10. The van der Waals surface area contributed by atoms with Crippen molar-refractivity contribution < 1.29 is 28.8 Å². The molecule has 3 atom stereocenters. The van der Waals surface area contributed by atoms with Gasteiger partial charge in [-0.1, -0.05) is 36.4 Å². The molecular weight excluding hydrogens is 532 g/mol. The number of fused-ring (bicyclic) bond motifs is 7. The molecule has 1 amide bonds. The number of aromatic hydroxyl groups is 1. The maximum atomic E-state index is 14.5. The Morgan fingerprint density at radius 1 is 0.929 bits per heavy atom. The summed E-state index contributed by atoms with van der Waals surface area (Å²) in [6.45, 7) is 6.67. The Labute approximate surface area is 247 Å². The number of rotatable bonds is 7. The van der Waals surface area contributed by atoms with Crippen molar-refractivity contribution >= 4 is 12.0 Å². The van der Waals surface area contributed by atoms with Gasteiger partial charge < -0.3 is 29.0 Å². The van der Waals surface area contributed by atoms with Crippen LogP contribution in [0, 0.1) is 20.8 Å². The van der Waals surface area contributed by atoms with Gasteiger partial charge in [0.1, 0.15) is 0 Å². The summed E-state index contributed by atoms with van der Waals surface area (Å²) in [7, 11) is 6.81. The minimum atomic E-state index is -0.464. The average Bonchev–Trinajstić information content (AvgIpc) is 2.98. The molecule has 3 aromatic rings. The Morgan fingerprint density at radius 2 is 1.62 bits per heavy atom. The van der Waals surface area contributed by atoms with Gasteiger partial charge in [-0.3, -0.25) is 9.69 Å². The summed E-state index contributed by atoms with van der Waals surface area (Å²) in [5.74, 6) is 1.85. The van der Waals surface area contributed by atoms with E-state index in [1.165, 1.54) is 0 Å². The summed E-state index contributed by atoms with van der Waals surface area (Å²) in [6, 6.07) is 10.8. The number of benzene rings is 3. The second-order valence-corrected chi connectivity index (χ2v) is 11.4. The summed E-state index contributed by atoms with van der Waals surface area (Å²) < 4.78 is 23.8. The summed E-state index contributed by atoms with van der Waals surface area (Å²) in [5, 5.41) is 11.5. The highest BCUT2D eigenvalue weighted by Crippen LogP contribution is 2.56. The van der Waals surface area contributed by atoms with Crippen molar-refractivity contribution in [3.05, 3.63) is 86.6 Å². The van der Waals surface area contributed by atoms with Gasteiger partial charge in [0.25, 0.3) is 0 Å². The van der Waals surface area contributed by atoms with E-state index >= 15 is 0 Å². The van der Waals surface area contributed by atoms with Crippen LogP contribution in [0.5, 0.6) is 23.0 Å². The van der Waals surface area contributed by atoms with E-state index in [2.05, 4.69) is 17.9 Å². The molecule has 0 saturated carbocycles. The molecule has 8 nitrogen and oxygen atoms in total. The molecule has 3 aromatic carbocycles. The molecular formula is C34H38N2O6. The molecule has 1 fully saturated rings. The zero-order chi connectivity index (χ0) is 29.9. The first-order chi connectivity index (χ1) is 20.2. The second kappa shape index (κ2) is 10.7. The lowest BCUT2D eigenvalue weighted by atomic mass is 9.77. The fourth-order valence-corrected chi connectivity index (χ4v) is 7.10. The fraction of sp³-hybridized carbons (Fsp3) is 0.382. The van der Waals surface area contributed by atoms with E-state index in [4.69, 9.17) is 18.9 Å². The van der Waals surface area contributed by atoms with Crippen LogP contribution in [0.3, 0.4) is 0 Å². The Hall–Kier alpha value is -4.01. The minimum Gasteiger partial charge on any atom is -0.504 e. The molecule has 2 unspecified atom stereocenters. The Balaban J connectivity index is 1.57. The second-order valence-electron chi connectivity index (χ2n) is 11.4. The van der Waals surface area contributed by atoms with Crippen LogP contribution < -0.4 is 14.2 Å². The first-order valence-electron chi connectivity index (χ1n) is 14.3. The predicted octanol–water partition coefficient (Wildman–Crippen LogP) is 5.40. The quantitative estimate of drug-likeness (QED) is 0.408. The van der Waals surface area contributed by atoms with Crippen LogP contribution in [0.2, 0.25) is 0 Å². The van der Waals surface area contributed by atoms with Crippen molar-refractivity contribution in [3.63, 3.8) is 0 Å². The molecule has 42 heavy (non-hydrogen) atoms. The van der Waals surface area contributed by atoms with Gasteiger partial charge in [0, 0.05) is 16.8 Å². The third-order valence-corrected chi connectivity index (χ3v) is 9.22. The number of carbonyl (C=O) groups excluding carboxylic acids is 1. The van der Waals surface area contributed by atoms with Crippen LogP contribution in [0.1, 0.15) is 56.6 Å². The maximum Gasteiger partial charge on any atom is 0.245 e. The Kier molecular flexibility index (Phi) is 7.15. The number of carbonyl (C=O) groups is 1. The number of methoxy groups -OCH3 is 3. The Bertz CT molecular complexity index is 1600. The first-order valence-corrected chi connectivity index (χ1v) is 14.3. The zero-order valence-electron chi connectivity index (χ0n) is 25.3. The summed E-state index contributed by atoms with van der Waals surface area (Å²) in [4.78, 5) is 18.4. The molecule has 6 rings (SSSR count). The number of likely N-dealkylation sites (N-methyl/N-ethyl adjacent to an activating group) is 1. The smallest absolute Gasteiger partial charge is 0.245 e. The Morgan fingerprint density at radius 3 is 2.29 bits per heavy atom. The van der Waals surface area contributed by atoms with Gasteiger partial charge >= 0.3 is 0 Å². The van der Waals surface area contributed by atoms with Crippen molar-refractivity contribution in [1.82, 2.24) is 9.80 Å². The van der Waals surface area contributed by atoms with Crippen molar-refractivity contribution in [3.8, 4) is 23.0 Å². The monoisotopic (exact) mass is 570 g/mol. The zero-order valence-corrected chi connectivity index (χ0v) is 25.3. The first kappa shape index (κ1) is 28.1. The molecule has 1 saturated heterocycles. The molecule has 1 N–H and O–H groups in total. The van der Waals surface area contributed by atoms with Gasteiger partial charge in [0.05, 0.1) is 52.7 Å². The van der Waals surface area contributed by atoms with Crippen LogP contribution in [0.15, 0.2) is 42.1 Å². The standard InChI is InChI=1S/C34H38N2O6/c1-18-13-22-14-25-34(38)36-24(29(35(25)4)27(22)30(37)31(18)39-5)15-23-19(2)20(3)32(40-6)33(41-7)28(23)26(36)17-42-16-21-11-9-8-10-12-21/h8-13,15,25-26,29,37H,14,16-17H2,1-7H3/t25?,26-,29?/m0/s1. The lowest BCUT2D eigenvalue weighted by Gasteiger charge is -2.53. The maximum absolute atomic E-state index is 14.5. The number of phenolic OH excluding ortho intramolecular Hbond substituents is 1. The van der Waals surface area contributed by atoms with Crippen LogP contribution in [0.4, 0.5) is 0 Å². The third kappa shape index (κ3) is 4.07. The summed E-state index contributed by atoms with van der Waals surface area (Å²) in [5.41, 5.74) is 8.32. The molecule has 0 aromatic heterocycles. The van der Waals surface area contributed by atoms with E-state index in [-0.39, 0.29) is 24.3 Å². The van der Waals surface area contributed by atoms with Gasteiger partial charge in [-0.25, -0.2) is 0 Å². The number of hydrogen-bond acceptors (Lipinski definition) is 7. The van der Waals surface area contributed by atoms with Crippen molar-refractivity contribution in [2.24, 2.45) is 0 Å². The number of piperazine rings is 1. The number of amides is 1. The summed E-state index contributed by atoms with van der Waals surface area (Å²) >= 11 is 0. The van der Waals surface area contributed by atoms with Gasteiger partial charge in [-0.05, 0) is 73.7 Å². The highest BCUT2D eigenvalue weighted by atomic mass is 16.5. The molecule has 220 valence electrons. The van der Waals surface area contributed by atoms with Crippen LogP contribution in [-0.2, 0) is 22.6 Å². The average molecular weight is 571 g/mol. The topological polar surface area (TPSA) is 80.7 Å². The molecule has 8 heteroatoms. The number of ether oxygens (including phenoxy) is 4. The lowest BCUT2D eigenvalue weighted by molar-refractivity contribution is -0.145. The van der Waals surface area contributed by atoms with E-state index in [1.807, 2.05) is 62.2 Å². The number of nitrogens with zero attached hydrogens (tertiary/aromatic N) is 2. The highest BCUT2D eigenvalue weighted by molar-refractivity contribution is 5.91. The minimum absolute atomic E-state index is 0.00294. The SMILES string of the molecule is COc1c(C)cc2c(c1O)C1C3=Cc4c(C)c(C)c(OC)c(OC)c4[C@H](COCc4ccccc4)N3C(=O)C(C2)N1C. The molecule has 0 radical (unpaired) electrons. The van der Waals surface area contributed by atoms with Gasteiger partial charge in [0.15, 0.2) is 23.0 Å². The summed E-state index contributed by atoms with van der Waals surface area (Å²) in [6.07, 6.45) is 2.57. The van der Waals surface area contributed by atoms with E-state index in [9.17, 15) is 9.90 Å². The predicted molar refractivity (Wildman–Crippen MR) is 160 cm³/mol. The number of phenols is 1. The van der Waals surface area contributed by atoms with E-state index in [1.54, 1.807) is 21.3 Å². The van der Waals surface area contributed by atoms with E-state index in [0.29, 0.717) is 30.3 Å². The highest BCUT2D eigenvalue weighted by Gasteiger charge is 2.52.